The summed E-state index contributed by atoms with van der Waals surface area (Å²) in [5, 5.41) is 0. The molecule has 1 aromatic rings. The van der Waals surface area contributed by atoms with Gasteiger partial charge in [0.15, 0.2) is 0 Å². The van der Waals surface area contributed by atoms with Gasteiger partial charge in [-0.3, -0.25) is 4.79 Å². The van der Waals surface area contributed by atoms with Crippen LogP contribution in [0.4, 0.5) is 0 Å². The van der Waals surface area contributed by atoms with Crippen LogP contribution in [-0.4, -0.2) is 20.2 Å². The first-order chi connectivity index (χ1) is 7.62. The van der Waals surface area contributed by atoms with Gasteiger partial charge in [0, 0.05) is 5.88 Å². The van der Waals surface area contributed by atoms with Gasteiger partial charge in [-0.2, -0.15) is 0 Å². The number of hydrogen-bond donors (Lipinski definition) is 0. The topological polar surface area (TPSA) is 35.5 Å². The molecule has 0 aliphatic rings. The Hall–Kier alpha value is -1.22. The molecule has 4 heteroatoms. The maximum atomic E-state index is 11.3. The first-order valence-electron chi connectivity index (χ1n) is 4.91. The molecule has 0 saturated carbocycles. The summed E-state index contributed by atoms with van der Waals surface area (Å²) >= 11 is 5.87. The Morgan fingerprint density at radius 2 is 2.06 bits per heavy atom. The molecule has 1 aromatic carbocycles. The molecular weight excluding hydrogens is 228 g/mol. The zero-order valence-corrected chi connectivity index (χ0v) is 10.4. The van der Waals surface area contributed by atoms with Crippen LogP contribution in [0.1, 0.15) is 16.7 Å². The third kappa shape index (κ3) is 2.89. The lowest BCUT2D eigenvalue weighted by atomic mass is 10.0. The van der Waals surface area contributed by atoms with Gasteiger partial charge in [0.1, 0.15) is 5.75 Å². The summed E-state index contributed by atoms with van der Waals surface area (Å²) in [6.07, 6.45) is 0.219. The number of methoxy groups -OCH3 is 2. The van der Waals surface area contributed by atoms with Crippen LogP contribution in [0, 0.1) is 6.92 Å². The van der Waals surface area contributed by atoms with Gasteiger partial charge in [0.05, 0.1) is 20.6 Å². The maximum absolute atomic E-state index is 11.3. The number of ether oxygens (including phenoxy) is 2. The molecule has 88 valence electrons. The first-order valence-corrected chi connectivity index (χ1v) is 5.45. The molecule has 0 saturated heterocycles. The Morgan fingerprint density at radius 1 is 1.38 bits per heavy atom. The highest BCUT2D eigenvalue weighted by atomic mass is 35.5. The summed E-state index contributed by atoms with van der Waals surface area (Å²) in [7, 11) is 2.97. The van der Waals surface area contributed by atoms with Crippen molar-refractivity contribution in [2.24, 2.45) is 0 Å². The monoisotopic (exact) mass is 242 g/mol. The summed E-state index contributed by atoms with van der Waals surface area (Å²) in [4.78, 5) is 11.3. The number of esters is 1. The highest BCUT2D eigenvalue weighted by molar-refractivity contribution is 6.17. The molecule has 0 bridgehead atoms. The predicted molar refractivity (Wildman–Crippen MR) is 63.0 cm³/mol. The molecule has 0 fully saturated rings. The lowest BCUT2D eigenvalue weighted by Gasteiger charge is -2.12. The average Bonchev–Trinajstić information content (AvgIpc) is 2.28. The Labute approximate surface area is 100 Å². The number of halogens is 1. The second kappa shape index (κ2) is 5.75. The van der Waals surface area contributed by atoms with E-state index < -0.39 is 0 Å². The minimum Gasteiger partial charge on any atom is -0.497 e. The molecule has 0 N–H and O–H groups in total. The summed E-state index contributed by atoms with van der Waals surface area (Å²) in [5.41, 5.74) is 2.85. The molecule has 0 atom stereocenters. The van der Waals surface area contributed by atoms with E-state index in [0.717, 1.165) is 22.4 Å². The van der Waals surface area contributed by atoms with Crippen LogP contribution in [0.5, 0.6) is 5.75 Å². The molecule has 0 unspecified atom stereocenters. The fourth-order valence-corrected chi connectivity index (χ4v) is 1.93. The summed E-state index contributed by atoms with van der Waals surface area (Å²) in [6.45, 7) is 1.95. The first kappa shape index (κ1) is 12.8. The maximum Gasteiger partial charge on any atom is 0.309 e. The van der Waals surface area contributed by atoms with Gasteiger partial charge in [-0.05, 0) is 35.7 Å². The molecule has 0 spiro atoms. The van der Waals surface area contributed by atoms with Crippen molar-refractivity contribution < 1.29 is 14.3 Å². The summed E-state index contributed by atoms with van der Waals surface area (Å²) in [6, 6.07) is 3.72. The van der Waals surface area contributed by atoms with E-state index in [2.05, 4.69) is 4.74 Å². The third-order valence-electron chi connectivity index (χ3n) is 2.47. The van der Waals surface area contributed by atoms with Gasteiger partial charge < -0.3 is 9.47 Å². The van der Waals surface area contributed by atoms with Gasteiger partial charge in [0.25, 0.3) is 0 Å². The molecule has 0 heterocycles. The Balaban J connectivity index is 3.12. The normalized spacial score (nSPS) is 10.0. The molecule has 16 heavy (non-hydrogen) atoms. The van der Waals surface area contributed by atoms with Crippen molar-refractivity contribution in [3.63, 3.8) is 0 Å². The third-order valence-corrected chi connectivity index (χ3v) is 2.74. The number of hydrogen-bond acceptors (Lipinski definition) is 3. The lowest BCUT2D eigenvalue weighted by Crippen LogP contribution is -2.07. The van der Waals surface area contributed by atoms with Crippen LogP contribution >= 0.6 is 11.6 Å². The lowest BCUT2D eigenvalue weighted by molar-refractivity contribution is -0.139. The molecular formula is C12H15ClO3. The average molecular weight is 243 g/mol. The van der Waals surface area contributed by atoms with Crippen LogP contribution in [0.25, 0.3) is 0 Å². The highest BCUT2D eigenvalue weighted by Crippen LogP contribution is 2.24. The number of carbonyl (C=O) groups excluding carboxylic acids is 1. The Morgan fingerprint density at radius 3 is 2.56 bits per heavy atom. The quantitative estimate of drug-likeness (QED) is 0.601. The second-order valence-corrected chi connectivity index (χ2v) is 3.74. The van der Waals surface area contributed by atoms with Crippen molar-refractivity contribution in [1.82, 2.24) is 0 Å². The van der Waals surface area contributed by atoms with E-state index in [1.54, 1.807) is 7.11 Å². The Bertz CT molecular complexity index is 388. The van der Waals surface area contributed by atoms with E-state index >= 15 is 0 Å². The number of benzene rings is 1. The summed E-state index contributed by atoms with van der Waals surface area (Å²) in [5.74, 6) is 0.826. The van der Waals surface area contributed by atoms with Crippen molar-refractivity contribution in [3.05, 3.63) is 28.8 Å². The zero-order chi connectivity index (χ0) is 12.1. The van der Waals surface area contributed by atoms with Crippen LogP contribution < -0.4 is 4.74 Å². The van der Waals surface area contributed by atoms with E-state index in [9.17, 15) is 4.79 Å². The standard InChI is InChI=1S/C12H15ClO3/c1-8-4-10(15-2)5-9(11(8)7-13)6-12(14)16-3/h4-5H,6-7H2,1-3H3. The van der Waals surface area contributed by atoms with Crippen LogP contribution in [-0.2, 0) is 21.8 Å². The molecule has 3 nitrogen and oxygen atoms in total. The number of carbonyl (C=O) groups is 1. The molecule has 0 radical (unpaired) electrons. The number of alkyl halides is 1. The predicted octanol–water partition coefficient (Wildman–Crippen LogP) is 2.46. The van der Waals surface area contributed by atoms with Gasteiger partial charge >= 0.3 is 5.97 Å². The van der Waals surface area contributed by atoms with Crippen LogP contribution in [0.15, 0.2) is 12.1 Å². The van der Waals surface area contributed by atoms with Crippen molar-refractivity contribution in [3.8, 4) is 5.75 Å². The Kier molecular flexibility index (Phi) is 4.62. The van der Waals surface area contributed by atoms with Crippen LogP contribution in [0.2, 0.25) is 0 Å². The van der Waals surface area contributed by atoms with E-state index in [0.29, 0.717) is 5.88 Å². The van der Waals surface area contributed by atoms with E-state index in [4.69, 9.17) is 16.3 Å². The van der Waals surface area contributed by atoms with Gasteiger partial charge in [0.2, 0.25) is 0 Å². The largest absolute Gasteiger partial charge is 0.497 e. The van der Waals surface area contributed by atoms with Gasteiger partial charge in [-0.15, -0.1) is 11.6 Å². The summed E-state index contributed by atoms with van der Waals surface area (Å²) < 4.78 is 9.80. The fourth-order valence-electron chi connectivity index (χ4n) is 1.55. The minimum absolute atomic E-state index is 0.219. The SMILES string of the molecule is COC(=O)Cc1cc(OC)cc(C)c1CCl. The number of aryl methyl sites for hydroxylation is 1. The second-order valence-electron chi connectivity index (χ2n) is 3.47. The van der Waals surface area contributed by atoms with Crippen molar-refractivity contribution >= 4 is 17.6 Å². The van der Waals surface area contributed by atoms with Crippen molar-refractivity contribution in [2.75, 3.05) is 14.2 Å². The van der Waals surface area contributed by atoms with E-state index in [1.165, 1.54) is 7.11 Å². The van der Waals surface area contributed by atoms with Crippen LogP contribution in [0.3, 0.4) is 0 Å². The van der Waals surface area contributed by atoms with Crippen molar-refractivity contribution in [1.29, 1.82) is 0 Å². The van der Waals surface area contributed by atoms with E-state index in [1.807, 2.05) is 19.1 Å². The zero-order valence-electron chi connectivity index (χ0n) is 9.67. The molecule has 0 aliphatic carbocycles. The minimum atomic E-state index is -0.279. The molecule has 0 aliphatic heterocycles. The molecule has 0 amide bonds. The fraction of sp³-hybridized carbons (Fsp3) is 0.417. The van der Waals surface area contributed by atoms with Crippen molar-refractivity contribution in [2.45, 2.75) is 19.2 Å². The number of rotatable bonds is 4. The molecule has 1 rings (SSSR count). The molecule has 0 aromatic heterocycles. The van der Waals surface area contributed by atoms with Gasteiger partial charge in [-0.1, -0.05) is 0 Å². The smallest absolute Gasteiger partial charge is 0.309 e. The highest BCUT2D eigenvalue weighted by Gasteiger charge is 2.11. The van der Waals surface area contributed by atoms with Gasteiger partial charge in [-0.25, -0.2) is 0 Å². The van der Waals surface area contributed by atoms with E-state index in [-0.39, 0.29) is 12.4 Å².